The first kappa shape index (κ1) is 11.6. The molecule has 0 saturated heterocycles. The maximum absolute atomic E-state index is 4.81. The van der Waals surface area contributed by atoms with Crippen LogP contribution in [0.5, 0.6) is 0 Å². The van der Waals surface area contributed by atoms with Crippen molar-refractivity contribution in [1.29, 1.82) is 0 Å². The van der Waals surface area contributed by atoms with E-state index in [-0.39, 0.29) is 0 Å². The molecule has 0 fully saturated rings. The van der Waals surface area contributed by atoms with Crippen LogP contribution < -0.4 is 0 Å². The zero-order valence-corrected chi connectivity index (χ0v) is 12.1. The second-order valence-electron chi connectivity index (χ2n) is 4.61. The van der Waals surface area contributed by atoms with Crippen LogP contribution in [0.2, 0.25) is 0 Å². The third-order valence-corrected chi connectivity index (χ3v) is 3.85. The Morgan fingerprint density at radius 1 is 1.20 bits per heavy atom. The number of hydrogen-bond acceptors (Lipinski definition) is 2. The van der Waals surface area contributed by atoms with Gasteiger partial charge < -0.3 is 0 Å². The molecule has 0 saturated carbocycles. The smallest absolute Gasteiger partial charge is 0.145 e. The summed E-state index contributed by atoms with van der Waals surface area (Å²) in [6, 6.07) is 8.17. The maximum atomic E-state index is 4.81. The third-order valence-electron chi connectivity index (χ3n) is 3.35. The summed E-state index contributed by atoms with van der Waals surface area (Å²) < 4.78 is 3.13. The predicted octanol–water partition coefficient (Wildman–Crippen LogP) is 4.11. The molecule has 3 aromatic rings. The van der Waals surface area contributed by atoms with Gasteiger partial charge in [0.2, 0.25) is 0 Å². The number of allylic oxidation sites excluding steroid dienone is 4. The van der Waals surface area contributed by atoms with Gasteiger partial charge in [0.05, 0.1) is 17.4 Å². The predicted molar refractivity (Wildman–Crippen MR) is 83.2 cm³/mol. The number of benzene rings is 1. The lowest BCUT2D eigenvalue weighted by molar-refractivity contribution is 1.12. The Morgan fingerprint density at radius 3 is 2.85 bits per heavy atom. The summed E-state index contributed by atoms with van der Waals surface area (Å²) in [4.78, 5) is 9.02. The van der Waals surface area contributed by atoms with Gasteiger partial charge in [0.25, 0.3) is 0 Å². The van der Waals surface area contributed by atoms with Crippen molar-refractivity contribution in [1.82, 2.24) is 14.4 Å². The maximum Gasteiger partial charge on any atom is 0.145 e. The summed E-state index contributed by atoms with van der Waals surface area (Å²) in [6.45, 7) is 0. The number of rotatable bonds is 2. The Kier molecular flexibility index (Phi) is 2.57. The summed E-state index contributed by atoms with van der Waals surface area (Å²) >= 11 is 3.51. The molecule has 0 atom stereocenters. The second kappa shape index (κ2) is 4.42. The lowest BCUT2D eigenvalue weighted by Crippen LogP contribution is -1.89. The standard InChI is InChI=1S/C16H10BrN3/c17-13-6-2-5-12(9-13)16-19-15(11-3-1-4-11)14-10-18-7-8-20(14)16/h1-10H. The van der Waals surface area contributed by atoms with Crippen molar-refractivity contribution in [2.75, 3.05) is 0 Å². The molecule has 0 unspecified atom stereocenters. The monoisotopic (exact) mass is 323 g/mol. The molecule has 1 aliphatic carbocycles. The fourth-order valence-corrected chi connectivity index (χ4v) is 2.73. The number of hydrogen-bond donors (Lipinski definition) is 0. The van der Waals surface area contributed by atoms with Gasteiger partial charge in [0.15, 0.2) is 0 Å². The third kappa shape index (κ3) is 1.72. The van der Waals surface area contributed by atoms with Crippen LogP contribution in [-0.4, -0.2) is 14.4 Å². The van der Waals surface area contributed by atoms with E-state index in [2.05, 4.69) is 49.6 Å². The van der Waals surface area contributed by atoms with Crippen LogP contribution in [0, 0.1) is 0 Å². The average Bonchev–Trinajstić information content (AvgIpc) is 2.77. The fraction of sp³-hybridized carbons (Fsp3) is 0. The number of imidazole rings is 1. The van der Waals surface area contributed by atoms with Crippen LogP contribution in [0.15, 0.2) is 65.6 Å². The largest absolute Gasteiger partial charge is 0.296 e. The zero-order chi connectivity index (χ0) is 13.5. The molecule has 2 heterocycles. The quantitative estimate of drug-likeness (QED) is 0.710. The van der Waals surface area contributed by atoms with E-state index in [1.165, 1.54) is 0 Å². The highest BCUT2D eigenvalue weighted by atomic mass is 79.9. The van der Waals surface area contributed by atoms with Crippen LogP contribution in [0.3, 0.4) is 0 Å². The Hall–Kier alpha value is -2.20. The second-order valence-corrected chi connectivity index (χ2v) is 5.52. The van der Waals surface area contributed by atoms with E-state index in [1.807, 2.05) is 30.6 Å². The fourth-order valence-electron chi connectivity index (χ4n) is 2.33. The van der Waals surface area contributed by atoms with Crippen molar-refractivity contribution >= 4 is 27.0 Å². The molecule has 3 nitrogen and oxygen atoms in total. The van der Waals surface area contributed by atoms with Gasteiger partial charge in [-0.25, -0.2) is 4.98 Å². The molecule has 0 radical (unpaired) electrons. The van der Waals surface area contributed by atoms with Crippen molar-refractivity contribution in [2.45, 2.75) is 0 Å². The highest BCUT2D eigenvalue weighted by Gasteiger charge is 2.16. The number of nitrogens with zero attached hydrogens (tertiary/aromatic N) is 3. The minimum Gasteiger partial charge on any atom is -0.296 e. The molecular weight excluding hydrogens is 314 g/mol. The highest BCUT2D eigenvalue weighted by molar-refractivity contribution is 9.10. The van der Waals surface area contributed by atoms with Crippen LogP contribution in [0.1, 0.15) is 5.69 Å². The molecule has 0 amide bonds. The molecule has 1 aliphatic rings. The summed E-state index contributed by atoms with van der Waals surface area (Å²) in [5, 5.41) is 0. The Labute approximate surface area is 124 Å². The summed E-state index contributed by atoms with van der Waals surface area (Å²) in [5.41, 5.74) is 4.24. The first-order chi connectivity index (χ1) is 9.83. The van der Waals surface area contributed by atoms with Gasteiger partial charge in [-0.1, -0.05) is 46.3 Å². The molecule has 2 aromatic heterocycles. The van der Waals surface area contributed by atoms with Crippen LogP contribution in [0.4, 0.5) is 0 Å². The SMILES string of the molecule is Brc1cccc(-c2nc(C3=CC=C3)c3cnccn23)c1. The van der Waals surface area contributed by atoms with Gasteiger partial charge in [0, 0.05) is 28.0 Å². The van der Waals surface area contributed by atoms with Crippen LogP contribution in [0.25, 0.3) is 22.5 Å². The highest BCUT2D eigenvalue weighted by Crippen LogP contribution is 2.30. The van der Waals surface area contributed by atoms with E-state index in [0.29, 0.717) is 0 Å². The van der Waals surface area contributed by atoms with Gasteiger partial charge in [-0.3, -0.25) is 9.38 Å². The first-order valence-corrected chi connectivity index (χ1v) is 7.09. The molecular formula is C16H10BrN3. The minimum atomic E-state index is 0.930. The van der Waals surface area contributed by atoms with Crippen LogP contribution in [-0.2, 0) is 0 Å². The normalized spacial score (nSPS) is 13.3. The topological polar surface area (TPSA) is 30.2 Å². The summed E-state index contributed by atoms with van der Waals surface area (Å²) in [6.07, 6.45) is 11.8. The lowest BCUT2D eigenvalue weighted by Gasteiger charge is -2.03. The van der Waals surface area contributed by atoms with Crippen molar-refractivity contribution in [2.24, 2.45) is 0 Å². The van der Waals surface area contributed by atoms with Gasteiger partial charge in [-0.2, -0.15) is 0 Å². The number of halogens is 1. The molecule has 4 heteroatoms. The van der Waals surface area contributed by atoms with Crippen molar-refractivity contribution in [3.8, 4) is 11.4 Å². The molecule has 0 spiro atoms. The zero-order valence-electron chi connectivity index (χ0n) is 10.5. The van der Waals surface area contributed by atoms with E-state index < -0.39 is 0 Å². The lowest BCUT2D eigenvalue weighted by atomic mass is 10.1. The van der Waals surface area contributed by atoms with Crippen LogP contribution >= 0.6 is 15.9 Å². The molecule has 96 valence electrons. The number of fused-ring (bicyclic) bond motifs is 1. The van der Waals surface area contributed by atoms with Gasteiger partial charge in [0.1, 0.15) is 5.82 Å². The van der Waals surface area contributed by atoms with Crippen molar-refractivity contribution in [3.63, 3.8) is 0 Å². The van der Waals surface area contributed by atoms with Crippen molar-refractivity contribution < 1.29 is 0 Å². The van der Waals surface area contributed by atoms with E-state index in [0.717, 1.165) is 32.6 Å². The molecule has 0 bridgehead atoms. The molecule has 0 N–H and O–H groups in total. The average molecular weight is 324 g/mol. The molecule has 4 rings (SSSR count). The van der Waals surface area contributed by atoms with Gasteiger partial charge in [-0.15, -0.1) is 0 Å². The van der Waals surface area contributed by atoms with E-state index in [1.54, 1.807) is 6.20 Å². The Bertz CT molecular complexity index is 874. The summed E-state index contributed by atoms with van der Waals surface area (Å²) in [7, 11) is 0. The molecule has 1 aromatic carbocycles. The summed E-state index contributed by atoms with van der Waals surface area (Å²) in [5.74, 6) is 0.930. The Balaban J connectivity index is 2.00. The number of aromatic nitrogens is 3. The molecule has 0 aliphatic heterocycles. The van der Waals surface area contributed by atoms with Gasteiger partial charge >= 0.3 is 0 Å². The Morgan fingerprint density at radius 2 is 2.10 bits per heavy atom. The van der Waals surface area contributed by atoms with E-state index >= 15 is 0 Å². The van der Waals surface area contributed by atoms with E-state index in [4.69, 9.17) is 4.98 Å². The van der Waals surface area contributed by atoms with E-state index in [9.17, 15) is 0 Å². The van der Waals surface area contributed by atoms with Gasteiger partial charge in [-0.05, 0) is 12.1 Å². The first-order valence-electron chi connectivity index (χ1n) is 6.30. The minimum absolute atomic E-state index is 0.930. The van der Waals surface area contributed by atoms with Crippen molar-refractivity contribution in [3.05, 3.63) is 71.3 Å². The molecule has 20 heavy (non-hydrogen) atoms.